The Bertz CT molecular complexity index is 3520. The molecule has 0 saturated heterocycles. The summed E-state index contributed by atoms with van der Waals surface area (Å²) in [5.74, 6) is 1.83. The molecule has 0 bridgehead atoms. The van der Waals surface area contributed by atoms with Gasteiger partial charge in [0.25, 0.3) is 0 Å². The molecule has 0 spiro atoms. The zero-order valence-corrected chi connectivity index (χ0v) is 32.2. The van der Waals surface area contributed by atoms with E-state index in [2.05, 4.69) is 144 Å². The first kappa shape index (κ1) is 33.9. The number of para-hydroxylation sites is 4. The smallest absolute Gasteiger partial charge is 0.164 e. The lowest BCUT2D eigenvalue weighted by Gasteiger charge is -2.12. The molecule has 4 aromatic heterocycles. The molecule has 8 aromatic carbocycles. The fraction of sp³-hybridized carbons (Fsp3) is 0. The molecule has 0 aliphatic rings. The van der Waals surface area contributed by atoms with Crippen LogP contribution >= 0.6 is 0 Å². The van der Waals surface area contributed by atoms with E-state index in [1.54, 1.807) is 0 Å². The van der Waals surface area contributed by atoms with Gasteiger partial charge in [0.2, 0.25) is 0 Å². The van der Waals surface area contributed by atoms with Crippen molar-refractivity contribution >= 4 is 54.6 Å². The molecule has 6 nitrogen and oxygen atoms in total. The van der Waals surface area contributed by atoms with Crippen LogP contribution in [0.4, 0.5) is 0 Å². The second kappa shape index (κ2) is 13.7. The number of furan rings is 1. The Morgan fingerprint density at radius 2 is 0.833 bits per heavy atom. The monoisotopic (exact) mass is 767 g/mol. The summed E-state index contributed by atoms with van der Waals surface area (Å²) in [6.07, 6.45) is 0. The van der Waals surface area contributed by atoms with E-state index in [0.29, 0.717) is 17.5 Å². The Labute approximate surface area is 344 Å². The van der Waals surface area contributed by atoms with E-state index in [9.17, 15) is 0 Å². The van der Waals surface area contributed by atoms with Gasteiger partial charge in [-0.1, -0.05) is 158 Å². The van der Waals surface area contributed by atoms with Crippen molar-refractivity contribution in [1.29, 1.82) is 0 Å². The van der Waals surface area contributed by atoms with Crippen LogP contribution in [0, 0.1) is 0 Å². The lowest BCUT2D eigenvalue weighted by molar-refractivity contribution is 0.669. The molecular weight excluding hydrogens is 735 g/mol. The summed E-state index contributed by atoms with van der Waals surface area (Å²) in [5.41, 5.74) is 12.6. The predicted molar refractivity (Wildman–Crippen MR) is 244 cm³/mol. The second-order valence-corrected chi connectivity index (χ2v) is 15.0. The Morgan fingerprint density at radius 1 is 0.350 bits per heavy atom. The molecule has 0 atom stereocenters. The van der Waals surface area contributed by atoms with Crippen LogP contribution in [0.3, 0.4) is 0 Å². The molecule has 0 unspecified atom stereocenters. The van der Waals surface area contributed by atoms with Crippen molar-refractivity contribution in [2.45, 2.75) is 0 Å². The minimum atomic E-state index is 0.603. The number of aromatic nitrogens is 5. The number of nitrogens with zero attached hydrogens (tertiary/aromatic N) is 5. The maximum Gasteiger partial charge on any atom is 0.164 e. The van der Waals surface area contributed by atoms with Gasteiger partial charge in [-0.05, 0) is 48.0 Å². The number of hydrogen-bond acceptors (Lipinski definition) is 5. The normalized spacial score (nSPS) is 11.7. The van der Waals surface area contributed by atoms with Crippen molar-refractivity contribution in [2.24, 2.45) is 0 Å². The maximum absolute atomic E-state index is 6.51. The van der Waals surface area contributed by atoms with Crippen molar-refractivity contribution in [3.05, 3.63) is 200 Å². The molecule has 280 valence electrons. The Morgan fingerprint density at radius 3 is 1.47 bits per heavy atom. The van der Waals surface area contributed by atoms with Crippen LogP contribution in [0.1, 0.15) is 0 Å². The summed E-state index contributed by atoms with van der Waals surface area (Å²) in [4.78, 5) is 20.5. The van der Waals surface area contributed by atoms with Gasteiger partial charge in [0.05, 0.1) is 16.6 Å². The lowest BCUT2D eigenvalue weighted by atomic mass is 9.97. The standard InChI is InChI=1S/C54H33N5O/c1-3-14-35(15-4-1)49-51-48(43-20-9-12-25-47(43)60-51)44-22-13-21-40(50(44)55-49)34-26-28-37(29-27-34)53-56-52(36-16-5-2-6-17-36)57-54(58-53)38-30-32-39(33-31-38)59-45-23-10-7-18-41(45)42-19-8-11-24-46(42)59/h1-33H. The molecular formula is C54H33N5O. The van der Waals surface area contributed by atoms with Crippen LogP contribution < -0.4 is 0 Å². The van der Waals surface area contributed by atoms with Gasteiger partial charge in [0, 0.05) is 60.4 Å². The van der Waals surface area contributed by atoms with E-state index >= 15 is 0 Å². The molecule has 0 amide bonds. The summed E-state index contributed by atoms with van der Waals surface area (Å²) >= 11 is 0. The van der Waals surface area contributed by atoms with Crippen molar-refractivity contribution < 1.29 is 4.42 Å². The van der Waals surface area contributed by atoms with E-state index in [1.807, 2.05) is 60.7 Å². The SMILES string of the molecule is c1ccc(-c2nc(-c3ccc(-c4cccc5c4nc(-c4ccccc4)c4oc6ccccc6c45)cc3)nc(-c3ccc(-n4c5ccccc5c5ccccc54)cc3)n2)cc1. The first-order chi connectivity index (χ1) is 29.7. The van der Waals surface area contributed by atoms with Gasteiger partial charge in [0.15, 0.2) is 23.1 Å². The molecule has 12 rings (SSSR count). The van der Waals surface area contributed by atoms with E-state index in [-0.39, 0.29) is 0 Å². The van der Waals surface area contributed by atoms with E-state index in [4.69, 9.17) is 24.4 Å². The third kappa shape index (κ3) is 5.50. The van der Waals surface area contributed by atoms with Crippen LogP contribution in [0.5, 0.6) is 0 Å². The lowest BCUT2D eigenvalue weighted by Crippen LogP contribution is -2.00. The Balaban J connectivity index is 0.964. The highest BCUT2D eigenvalue weighted by molar-refractivity contribution is 6.22. The van der Waals surface area contributed by atoms with Crippen LogP contribution in [0.25, 0.3) is 117 Å². The fourth-order valence-corrected chi connectivity index (χ4v) is 8.64. The van der Waals surface area contributed by atoms with Crippen molar-refractivity contribution in [3.63, 3.8) is 0 Å². The van der Waals surface area contributed by atoms with Crippen molar-refractivity contribution in [3.8, 4) is 62.2 Å². The molecule has 0 radical (unpaired) electrons. The zero-order chi connectivity index (χ0) is 39.6. The summed E-state index contributed by atoms with van der Waals surface area (Å²) in [6.45, 7) is 0. The third-order valence-corrected chi connectivity index (χ3v) is 11.5. The summed E-state index contributed by atoms with van der Waals surface area (Å²) < 4.78 is 8.83. The van der Waals surface area contributed by atoms with E-state index < -0.39 is 0 Å². The average molecular weight is 768 g/mol. The first-order valence-electron chi connectivity index (χ1n) is 20.1. The molecule has 0 aliphatic heterocycles. The van der Waals surface area contributed by atoms with Crippen LogP contribution in [0.15, 0.2) is 205 Å². The Hall–Kier alpha value is -8.22. The Kier molecular flexibility index (Phi) is 7.74. The van der Waals surface area contributed by atoms with Gasteiger partial charge in [-0.25, -0.2) is 19.9 Å². The van der Waals surface area contributed by atoms with Crippen molar-refractivity contribution in [1.82, 2.24) is 24.5 Å². The van der Waals surface area contributed by atoms with Gasteiger partial charge in [0.1, 0.15) is 11.3 Å². The molecule has 0 fully saturated rings. The molecule has 12 aromatic rings. The van der Waals surface area contributed by atoms with Gasteiger partial charge in [-0.2, -0.15) is 0 Å². The molecule has 60 heavy (non-hydrogen) atoms. The number of rotatable bonds is 6. The topological polar surface area (TPSA) is 69.6 Å². The fourth-order valence-electron chi connectivity index (χ4n) is 8.64. The van der Waals surface area contributed by atoms with E-state index in [1.165, 1.54) is 21.8 Å². The third-order valence-electron chi connectivity index (χ3n) is 11.5. The predicted octanol–water partition coefficient (Wildman–Crippen LogP) is 13.8. The minimum Gasteiger partial charge on any atom is -0.454 e. The van der Waals surface area contributed by atoms with Crippen molar-refractivity contribution in [2.75, 3.05) is 0 Å². The second-order valence-electron chi connectivity index (χ2n) is 15.0. The highest BCUT2D eigenvalue weighted by Crippen LogP contribution is 2.42. The summed E-state index contributed by atoms with van der Waals surface area (Å²) in [5, 5.41) is 5.66. The zero-order valence-electron chi connectivity index (χ0n) is 32.2. The average Bonchev–Trinajstić information content (AvgIpc) is 3.88. The molecule has 0 aliphatic carbocycles. The molecule has 0 saturated carbocycles. The van der Waals surface area contributed by atoms with Gasteiger partial charge < -0.3 is 8.98 Å². The van der Waals surface area contributed by atoms with Gasteiger partial charge in [-0.3, -0.25) is 0 Å². The highest BCUT2D eigenvalue weighted by Gasteiger charge is 2.20. The molecule has 4 heterocycles. The molecule has 6 heteroatoms. The number of hydrogen-bond donors (Lipinski definition) is 0. The van der Waals surface area contributed by atoms with Gasteiger partial charge >= 0.3 is 0 Å². The minimum absolute atomic E-state index is 0.603. The largest absolute Gasteiger partial charge is 0.454 e. The van der Waals surface area contributed by atoms with Crippen LogP contribution in [-0.2, 0) is 0 Å². The van der Waals surface area contributed by atoms with Gasteiger partial charge in [-0.15, -0.1) is 0 Å². The summed E-state index contributed by atoms with van der Waals surface area (Å²) in [7, 11) is 0. The number of pyridine rings is 1. The number of fused-ring (bicyclic) bond motifs is 8. The number of benzene rings is 8. The summed E-state index contributed by atoms with van der Waals surface area (Å²) in [6, 6.07) is 69.1. The molecule has 0 N–H and O–H groups in total. The van der Waals surface area contributed by atoms with E-state index in [0.717, 1.165) is 77.6 Å². The highest BCUT2D eigenvalue weighted by atomic mass is 16.3. The van der Waals surface area contributed by atoms with Crippen LogP contribution in [-0.4, -0.2) is 24.5 Å². The quantitative estimate of drug-likeness (QED) is 0.168. The first-order valence-corrected chi connectivity index (χ1v) is 20.1. The van der Waals surface area contributed by atoms with Crippen LogP contribution in [0.2, 0.25) is 0 Å². The maximum atomic E-state index is 6.51.